The average molecular weight is 178 g/mol. The van der Waals surface area contributed by atoms with Gasteiger partial charge in [0.25, 0.3) is 0 Å². The molecule has 0 amide bonds. The molecule has 0 bridgehead atoms. The van der Waals surface area contributed by atoms with E-state index in [2.05, 4.69) is 27.7 Å². The van der Waals surface area contributed by atoms with Crippen LogP contribution in [0.15, 0.2) is 11.1 Å². The average Bonchev–Trinajstić information content (AvgIpc) is 2.08. The zero-order valence-corrected chi connectivity index (χ0v) is 8.98. The van der Waals surface area contributed by atoms with E-state index in [4.69, 9.17) is 0 Å². The fourth-order valence-corrected chi connectivity index (χ4v) is 2.89. The normalized spacial score (nSPS) is 37.1. The minimum Gasteiger partial charge on any atom is -0.299 e. The lowest BCUT2D eigenvalue weighted by molar-refractivity contribution is -0.154. The minimum absolute atomic E-state index is 0.0351. The molecule has 0 saturated heterocycles. The molecule has 2 unspecified atom stereocenters. The summed E-state index contributed by atoms with van der Waals surface area (Å²) < 4.78 is 0. The van der Waals surface area contributed by atoms with E-state index in [9.17, 15) is 4.79 Å². The van der Waals surface area contributed by atoms with Crippen LogP contribution in [0.1, 0.15) is 40.5 Å². The Hall–Kier alpha value is -0.590. The van der Waals surface area contributed by atoms with Gasteiger partial charge in [-0.15, -0.1) is 0 Å². The Kier molecular flexibility index (Phi) is 1.70. The molecule has 0 N–H and O–H groups in total. The monoisotopic (exact) mass is 178 g/mol. The summed E-state index contributed by atoms with van der Waals surface area (Å²) in [4.78, 5) is 11.7. The van der Waals surface area contributed by atoms with E-state index < -0.39 is 0 Å². The first-order valence-corrected chi connectivity index (χ1v) is 5.14. The molecule has 0 heterocycles. The van der Waals surface area contributed by atoms with Gasteiger partial charge in [-0.05, 0) is 32.6 Å². The molecule has 72 valence electrons. The van der Waals surface area contributed by atoms with Crippen molar-refractivity contribution in [2.75, 3.05) is 0 Å². The van der Waals surface area contributed by atoms with E-state index in [0.29, 0.717) is 17.6 Å². The summed E-state index contributed by atoms with van der Waals surface area (Å²) in [6, 6.07) is 0. The molecule has 2 rings (SSSR count). The second-order valence-corrected chi connectivity index (χ2v) is 5.27. The largest absolute Gasteiger partial charge is 0.299 e. The summed E-state index contributed by atoms with van der Waals surface area (Å²) in [6.45, 7) is 8.59. The van der Waals surface area contributed by atoms with Crippen molar-refractivity contribution in [1.29, 1.82) is 0 Å². The van der Waals surface area contributed by atoms with Crippen LogP contribution < -0.4 is 0 Å². The van der Waals surface area contributed by atoms with Gasteiger partial charge < -0.3 is 0 Å². The molecule has 0 spiro atoms. The predicted octanol–water partition coefficient (Wildman–Crippen LogP) is 2.96. The molecule has 0 aliphatic heterocycles. The number of hydrogen-bond acceptors (Lipinski definition) is 1. The Morgan fingerprint density at radius 2 is 1.69 bits per heavy atom. The molecule has 2 atom stereocenters. The molecule has 0 aromatic heterocycles. The van der Waals surface area contributed by atoms with Gasteiger partial charge >= 0.3 is 0 Å². The highest BCUT2D eigenvalue weighted by atomic mass is 16.1. The van der Waals surface area contributed by atoms with Crippen molar-refractivity contribution in [2.24, 2.45) is 17.3 Å². The lowest BCUT2D eigenvalue weighted by Gasteiger charge is -2.52. The maximum atomic E-state index is 11.7. The third-order valence-corrected chi connectivity index (χ3v) is 4.17. The van der Waals surface area contributed by atoms with Crippen LogP contribution in [0.4, 0.5) is 0 Å². The molecule has 1 heteroatoms. The van der Waals surface area contributed by atoms with Crippen LogP contribution >= 0.6 is 0 Å². The van der Waals surface area contributed by atoms with E-state index >= 15 is 0 Å². The summed E-state index contributed by atoms with van der Waals surface area (Å²) >= 11 is 0. The smallest absolute Gasteiger partial charge is 0.142 e. The molecule has 0 aromatic carbocycles. The summed E-state index contributed by atoms with van der Waals surface area (Å²) in [5.74, 6) is 1.48. The Morgan fingerprint density at radius 1 is 1.15 bits per heavy atom. The summed E-state index contributed by atoms with van der Waals surface area (Å²) in [5.41, 5.74) is 2.93. The van der Waals surface area contributed by atoms with E-state index in [1.165, 1.54) is 11.1 Å². The quantitative estimate of drug-likeness (QED) is 0.521. The van der Waals surface area contributed by atoms with Crippen LogP contribution in [-0.4, -0.2) is 5.78 Å². The summed E-state index contributed by atoms with van der Waals surface area (Å²) in [5, 5.41) is 0. The second-order valence-electron chi connectivity index (χ2n) is 5.27. The van der Waals surface area contributed by atoms with Crippen molar-refractivity contribution < 1.29 is 4.79 Å². The van der Waals surface area contributed by atoms with Crippen LogP contribution in [-0.2, 0) is 4.79 Å². The number of carbonyl (C=O) groups excluding carboxylic acids is 1. The van der Waals surface area contributed by atoms with E-state index in [1.807, 2.05) is 0 Å². The van der Waals surface area contributed by atoms with Gasteiger partial charge in [-0.3, -0.25) is 4.79 Å². The van der Waals surface area contributed by atoms with Gasteiger partial charge in [0.15, 0.2) is 0 Å². The molecule has 1 saturated carbocycles. The number of carbonyl (C=O) groups is 1. The SMILES string of the molecule is CC1=C(C)CC2C(C1)C(=O)C2(C)C. The van der Waals surface area contributed by atoms with Gasteiger partial charge in [0.05, 0.1) is 0 Å². The topological polar surface area (TPSA) is 17.1 Å². The van der Waals surface area contributed by atoms with Crippen molar-refractivity contribution in [1.82, 2.24) is 0 Å². The molecule has 13 heavy (non-hydrogen) atoms. The first-order valence-electron chi connectivity index (χ1n) is 5.14. The summed E-state index contributed by atoms with van der Waals surface area (Å²) in [6.07, 6.45) is 2.17. The Bertz CT molecular complexity index is 296. The molecule has 2 aliphatic rings. The highest BCUT2D eigenvalue weighted by Crippen LogP contribution is 2.55. The van der Waals surface area contributed by atoms with Gasteiger partial charge in [0.2, 0.25) is 0 Å². The number of hydrogen-bond donors (Lipinski definition) is 0. The lowest BCUT2D eigenvalue weighted by atomic mass is 9.49. The van der Waals surface area contributed by atoms with Crippen molar-refractivity contribution in [3.8, 4) is 0 Å². The van der Waals surface area contributed by atoms with E-state index in [1.54, 1.807) is 0 Å². The number of rotatable bonds is 0. The fraction of sp³-hybridized carbons (Fsp3) is 0.750. The maximum absolute atomic E-state index is 11.7. The molecular formula is C12H18O. The van der Waals surface area contributed by atoms with Crippen LogP contribution in [0.25, 0.3) is 0 Å². The Morgan fingerprint density at radius 3 is 2.31 bits per heavy atom. The number of fused-ring (bicyclic) bond motifs is 1. The van der Waals surface area contributed by atoms with Crippen molar-refractivity contribution in [3.05, 3.63) is 11.1 Å². The van der Waals surface area contributed by atoms with E-state index in [0.717, 1.165) is 12.8 Å². The van der Waals surface area contributed by atoms with Gasteiger partial charge in [-0.1, -0.05) is 25.0 Å². The first-order chi connectivity index (χ1) is 5.94. The van der Waals surface area contributed by atoms with Gasteiger partial charge in [0.1, 0.15) is 5.78 Å². The van der Waals surface area contributed by atoms with Crippen molar-refractivity contribution >= 4 is 5.78 Å². The predicted molar refractivity (Wildman–Crippen MR) is 53.4 cm³/mol. The van der Waals surface area contributed by atoms with Crippen LogP contribution in [0.5, 0.6) is 0 Å². The molecule has 0 aromatic rings. The zero-order valence-electron chi connectivity index (χ0n) is 8.98. The number of ketones is 1. The standard InChI is InChI=1S/C12H18O/c1-7-5-9-10(6-8(7)2)12(3,4)11(9)13/h9-10H,5-6H2,1-4H3. The van der Waals surface area contributed by atoms with Crippen LogP contribution in [0, 0.1) is 17.3 Å². The Balaban J connectivity index is 2.27. The number of Topliss-reactive ketones (excluding diaryl/α,β-unsaturated/α-hetero) is 1. The first kappa shape index (κ1) is 8.98. The third-order valence-electron chi connectivity index (χ3n) is 4.17. The van der Waals surface area contributed by atoms with Crippen molar-refractivity contribution in [3.63, 3.8) is 0 Å². The van der Waals surface area contributed by atoms with Crippen LogP contribution in [0.2, 0.25) is 0 Å². The highest BCUT2D eigenvalue weighted by molar-refractivity contribution is 5.93. The maximum Gasteiger partial charge on any atom is 0.142 e. The van der Waals surface area contributed by atoms with Crippen molar-refractivity contribution in [2.45, 2.75) is 40.5 Å². The van der Waals surface area contributed by atoms with Gasteiger partial charge in [-0.2, -0.15) is 0 Å². The van der Waals surface area contributed by atoms with E-state index in [-0.39, 0.29) is 5.41 Å². The lowest BCUT2D eigenvalue weighted by Crippen LogP contribution is -2.55. The molecule has 2 aliphatic carbocycles. The Labute approximate surface area is 80.2 Å². The third kappa shape index (κ3) is 1.02. The molecule has 1 nitrogen and oxygen atoms in total. The molecule has 1 fully saturated rings. The second kappa shape index (κ2) is 2.46. The van der Waals surface area contributed by atoms with Crippen LogP contribution in [0.3, 0.4) is 0 Å². The molecular weight excluding hydrogens is 160 g/mol. The summed E-state index contributed by atoms with van der Waals surface area (Å²) in [7, 11) is 0. The zero-order chi connectivity index (χ0) is 9.80. The number of allylic oxidation sites excluding steroid dienone is 2. The minimum atomic E-state index is -0.0351. The fourth-order valence-electron chi connectivity index (χ4n) is 2.89. The van der Waals surface area contributed by atoms with Gasteiger partial charge in [0, 0.05) is 11.3 Å². The van der Waals surface area contributed by atoms with Gasteiger partial charge in [-0.25, -0.2) is 0 Å². The highest BCUT2D eigenvalue weighted by Gasteiger charge is 2.56. The molecule has 0 radical (unpaired) electrons.